The Kier molecular flexibility index (Phi) is 17.0. The van der Waals surface area contributed by atoms with Crippen LogP contribution < -0.4 is 30.3 Å². The van der Waals surface area contributed by atoms with Gasteiger partial charge in [0.05, 0.1) is 104 Å². The van der Waals surface area contributed by atoms with E-state index in [2.05, 4.69) is 50.7 Å². The summed E-state index contributed by atoms with van der Waals surface area (Å²) < 4.78 is 27.2. The van der Waals surface area contributed by atoms with Crippen LogP contribution in [0.3, 0.4) is 0 Å². The summed E-state index contributed by atoms with van der Waals surface area (Å²) in [5, 5.41) is 13.4. The summed E-state index contributed by atoms with van der Waals surface area (Å²) in [5.41, 5.74) is 14.4. The number of hydrogen-bond acceptors (Lipinski definition) is 15. The Balaban J connectivity index is 0.000000166. The molecule has 0 radical (unpaired) electrons. The number of para-hydroxylation sites is 2. The van der Waals surface area contributed by atoms with E-state index >= 15 is 0 Å². The Hall–Kier alpha value is -9.16. The van der Waals surface area contributed by atoms with E-state index in [0.717, 1.165) is 81.9 Å². The van der Waals surface area contributed by atoms with Crippen LogP contribution in [0, 0.1) is 17.9 Å². The Morgan fingerprint density at radius 2 is 1.13 bits per heavy atom. The van der Waals surface area contributed by atoms with Crippen molar-refractivity contribution in [1.82, 2.24) is 19.9 Å². The first-order valence-electron chi connectivity index (χ1n) is 24.6. The summed E-state index contributed by atoms with van der Waals surface area (Å²) >= 11 is 0. The monoisotopic (exact) mass is 1020 g/mol. The van der Waals surface area contributed by atoms with Gasteiger partial charge in [-0.2, -0.15) is 5.26 Å². The molecule has 76 heavy (non-hydrogen) atoms. The third-order valence-corrected chi connectivity index (χ3v) is 12.7. The number of amides is 1. The predicted molar refractivity (Wildman–Crippen MR) is 295 cm³/mol. The number of carbonyl (C=O) groups is 2. The number of anilines is 4. The van der Waals surface area contributed by atoms with Gasteiger partial charge < -0.3 is 44.5 Å². The second kappa shape index (κ2) is 24.2. The molecule has 6 heterocycles. The molecule has 17 heteroatoms. The van der Waals surface area contributed by atoms with Crippen molar-refractivity contribution in [2.75, 3.05) is 68.4 Å². The van der Waals surface area contributed by atoms with E-state index in [9.17, 15) is 9.59 Å². The smallest absolute Gasteiger partial charge is 0.339 e. The second-order valence-electron chi connectivity index (χ2n) is 18.3. The molecule has 4 aromatic heterocycles. The molecule has 2 aliphatic heterocycles. The number of fused-ring (bicyclic) bond motifs is 2. The Labute approximate surface area is 441 Å². The van der Waals surface area contributed by atoms with E-state index in [0.29, 0.717) is 45.3 Å². The number of methoxy groups -OCH3 is 3. The van der Waals surface area contributed by atoms with Gasteiger partial charge in [0.15, 0.2) is 17.2 Å². The topological polar surface area (TPSA) is 205 Å². The molecule has 10 rings (SSSR count). The number of nitrogens with one attached hydrogen (secondary N) is 1. The number of nitriles is 1. The van der Waals surface area contributed by atoms with Gasteiger partial charge in [0.25, 0.3) is 5.91 Å². The lowest BCUT2D eigenvalue weighted by molar-refractivity contribution is -0.00572. The standard InChI is InChI=1S/C29H27N5O3.C17H13N3O.C13H18N2O3/c1-18-16-34(17-19(2)37-18)26-13-10-21(14-31-26)29(35)33-25-15-32-27-23(6-5-7-24(27)28(25)36-4)20-8-11-22(30-3)12-9-20;1-21-17-14-4-2-3-13(16(14)20-10-15(17)19)12-7-5-11(9-18)6-8-12;1-9-7-15(8-10(2)18-9)12-5-4-11(6-14-12)13(16)17-3/h5-15,18-19H,16-17H2,1-2,4H3,(H,33,35);2-8,10H,19H2,1H3;4-6,9-10H,7-8H2,1-3H3/t18-,19+;;9-,10+. The highest BCUT2D eigenvalue weighted by molar-refractivity contribution is 6.08. The van der Waals surface area contributed by atoms with Crippen molar-refractivity contribution in [2.24, 2.45) is 0 Å². The molecule has 0 bridgehead atoms. The number of carbonyl (C=O) groups excluding carboxylic acids is 2. The third kappa shape index (κ3) is 12.3. The van der Waals surface area contributed by atoms with Gasteiger partial charge in [0.1, 0.15) is 17.3 Å². The molecule has 2 aliphatic rings. The largest absolute Gasteiger partial charge is 0.494 e. The van der Waals surface area contributed by atoms with Crippen LogP contribution >= 0.6 is 0 Å². The second-order valence-corrected chi connectivity index (χ2v) is 18.3. The maximum Gasteiger partial charge on any atom is 0.339 e. The minimum atomic E-state index is -0.363. The number of nitrogens with two attached hydrogens (primary N) is 1. The SMILES string of the molecule is COC(=O)c1ccc(N2C[C@@H](C)O[C@@H](C)C2)nc1.COc1c(N)cnc2c(-c3ccc(C#N)cc3)cccc12.[C-]#[N+]c1ccc(-c2cccc3c(OC)c(NC(=O)c4ccc(N5C[C@@H](C)O[C@@H](C)C5)nc4)cnc23)cc1. The maximum atomic E-state index is 13.1. The van der Waals surface area contributed by atoms with E-state index in [1.807, 2.05) is 100 Å². The summed E-state index contributed by atoms with van der Waals surface area (Å²) in [6, 6.07) is 35.8. The molecule has 4 atom stereocenters. The van der Waals surface area contributed by atoms with Crippen LogP contribution in [0.15, 0.2) is 134 Å². The van der Waals surface area contributed by atoms with Crippen molar-refractivity contribution in [3.63, 3.8) is 0 Å². The van der Waals surface area contributed by atoms with E-state index in [1.165, 1.54) is 7.11 Å². The van der Waals surface area contributed by atoms with Gasteiger partial charge in [0, 0.05) is 60.5 Å². The van der Waals surface area contributed by atoms with Gasteiger partial charge in [-0.3, -0.25) is 14.8 Å². The first-order chi connectivity index (χ1) is 36.8. The van der Waals surface area contributed by atoms with E-state index in [4.69, 9.17) is 36.5 Å². The fraction of sp³-hybridized carbons (Fsp3) is 0.254. The lowest BCUT2D eigenvalue weighted by Crippen LogP contribution is -2.45. The molecule has 0 saturated carbocycles. The highest BCUT2D eigenvalue weighted by Gasteiger charge is 2.25. The van der Waals surface area contributed by atoms with Crippen molar-refractivity contribution in [3.8, 4) is 39.8 Å². The van der Waals surface area contributed by atoms with E-state index < -0.39 is 0 Å². The van der Waals surface area contributed by atoms with E-state index in [-0.39, 0.29) is 36.3 Å². The quantitative estimate of drug-likeness (QED) is 0.102. The summed E-state index contributed by atoms with van der Waals surface area (Å²) in [5.74, 6) is 2.19. The highest BCUT2D eigenvalue weighted by atomic mass is 16.5. The fourth-order valence-corrected chi connectivity index (χ4v) is 9.30. The lowest BCUT2D eigenvalue weighted by Gasteiger charge is -2.36. The van der Waals surface area contributed by atoms with Gasteiger partial charge in [-0.1, -0.05) is 60.7 Å². The molecule has 2 saturated heterocycles. The molecule has 0 unspecified atom stereocenters. The number of benzene rings is 4. The van der Waals surface area contributed by atoms with Crippen molar-refractivity contribution >= 4 is 62.4 Å². The Morgan fingerprint density at radius 3 is 1.59 bits per heavy atom. The van der Waals surface area contributed by atoms with Crippen LogP contribution in [0.2, 0.25) is 0 Å². The molecule has 4 aromatic carbocycles. The Morgan fingerprint density at radius 1 is 0.645 bits per heavy atom. The number of morpholine rings is 2. The number of pyridine rings is 4. The predicted octanol–water partition coefficient (Wildman–Crippen LogP) is 10.6. The first-order valence-corrected chi connectivity index (χ1v) is 24.6. The molecule has 17 nitrogen and oxygen atoms in total. The van der Waals surface area contributed by atoms with E-state index in [1.54, 1.807) is 75.4 Å². The van der Waals surface area contributed by atoms with Gasteiger partial charge >= 0.3 is 5.97 Å². The number of esters is 1. The number of rotatable bonds is 9. The molecule has 386 valence electrons. The van der Waals surface area contributed by atoms with Crippen molar-refractivity contribution in [1.29, 1.82) is 5.26 Å². The van der Waals surface area contributed by atoms with Crippen LogP contribution in [0.25, 0.3) is 48.9 Å². The van der Waals surface area contributed by atoms with Gasteiger partial charge in [-0.05, 0) is 87.4 Å². The van der Waals surface area contributed by atoms with Crippen LogP contribution in [0.1, 0.15) is 54.0 Å². The number of nitrogen functional groups attached to an aromatic ring is 1. The van der Waals surface area contributed by atoms with Gasteiger partial charge in [-0.25, -0.2) is 19.6 Å². The summed E-state index contributed by atoms with van der Waals surface area (Å²) in [4.78, 5) is 50.1. The van der Waals surface area contributed by atoms with Crippen LogP contribution in [0.5, 0.6) is 11.5 Å². The normalized spacial score (nSPS) is 16.9. The lowest BCUT2D eigenvalue weighted by atomic mass is 10.0. The maximum absolute atomic E-state index is 13.1. The van der Waals surface area contributed by atoms with Gasteiger partial charge in [-0.15, -0.1) is 0 Å². The van der Waals surface area contributed by atoms with Crippen molar-refractivity contribution in [3.05, 3.63) is 162 Å². The molecule has 0 aliphatic carbocycles. The summed E-state index contributed by atoms with van der Waals surface area (Å²) in [6.07, 6.45) is 6.97. The molecule has 2 fully saturated rings. The van der Waals surface area contributed by atoms with Crippen molar-refractivity contribution < 1.29 is 33.3 Å². The zero-order valence-electron chi connectivity index (χ0n) is 43.4. The zero-order chi connectivity index (χ0) is 53.9. The van der Waals surface area contributed by atoms with Crippen molar-refractivity contribution in [2.45, 2.75) is 52.1 Å². The van der Waals surface area contributed by atoms with Gasteiger partial charge in [0.2, 0.25) is 0 Å². The molecule has 8 aromatic rings. The number of ether oxygens (including phenoxy) is 5. The molecular weight excluding hydrogens is 961 g/mol. The summed E-state index contributed by atoms with van der Waals surface area (Å²) in [6.45, 7) is 18.5. The molecule has 3 N–H and O–H groups in total. The van der Waals surface area contributed by atoms with Crippen LogP contribution in [0.4, 0.5) is 28.7 Å². The third-order valence-electron chi connectivity index (χ3n) is 12.7. The molecule has 0 spiro atoms. The minimum absolute atomic E-state index is 0.125. The average Bonchev–Trinajstić information content (AvgIpc) is 3.47. The minimum Gasteiger partial charge on any atom is -0.494 e. The fourth-order valence-electron chi connectivity index (χ4n) is 9.30. The molecule has 1 amide bonds. The van der Waals surface area contributed by atoms with Crippen LogP contribution in [-0.4, -0.2) is 104 Å². The number of aromatic nitrogens is 4. The number of nitrogens with zero attached hydrogens (tertiary/aromatic N) is 8. The first kappa shape index (κ1) is 53.1. The zero-order valence-corrected chi connectivity index (χ0v) is 43.4. The summed E-state index contributed by atoms with van der Waals surface area (Å²) in [7, 11) is 4.53. The van der Waals surface area contributed by atoms with Crippen LogP contribution in [-0.2, 0) is 14.2 Å². The highest BCUT2D eigenvalue weighted by Crippen LogP contribution is 2.38. The average molecular weight is 1020 g/mol. The number of hydrogen-bond donors (Lipinski definition) is 2. The Bertz CT molecular complexity index is 3400. The molecular formula is C59H58N10O7.